The molecule has 0 unspecified atom stereocenters. The summed E-state index contributed by atoms with van der Waals surface area (Å²) in [4.78, 5) is 10.3. The quantitative estimate of drug-likeness (QED) is 0.540. The van der Waals surface area contributed by atoms with Gasteiger partial charge in [-0.25, -0.2) is 4.79 Å². The molecule has 4 heteroatoms. The molecular weight excluding hydrogens is 144 g/mol. The predicted molar refractivity (Wildman–Crippen MR) is 41.6 cm³/mol. The second-order valence-corrected chi connectivity index (χ2v) is 3.51. The summed E-state index contributed by atoms with van der Waals surface area (Å²) in [5.74, 6) is 0.429. The Labute approximate surface area is 66.0 Å². The molecule has 1 fully saturated rings. The van der Waals surface area contributed by atoms with Crippen molar-refractivity contribution in [2.45, 2.75) is 19.4 Å². The van der Waals surface area contributed by atoms with Gasteiger partial charge in [0, 0.05) is 24.5 Å². The van der Waals surface area contributed by atoms with E-state index in [2.05, 4.69) is 10.6 Å². The Hall–Kier alpha value is -0.770. The van der Waals surface area contributed by atoms with E-state index in [-0.39, 0.29) is 5.54 Å². The predicted octanol–water partition coefficient (Wildman–Crippen LogP) is 0.252. The summed E-state index contributed by atoms with van der Waals surface area (Å²) >= 11 is 0. The van der Waals surface area contributed by atoms with Gasteiger partial charge in [0.1, 0.15) is 0 Å². The molecule has 64 valence electrons. The molecule has 0 radical (unpaired) electrons. The summed E-state index contributed by atoms with van der Waals surface area (Å²) in [6.07, 6.45) is -0.943. The van der Waals surface area contributed by atoms with Crippen LogP contribution < -0.4 is 10.6 Å². The minimum Gasteiger partial charge on any atom is -0.465 e. The fraction of sp³-hybridized carbons (Fsp3) is 0.857. The molecule has 0 aromatic rings. The highest BCUT2D eigenvalue weighted by Gasteiger charge is 2.34. The number of carboxylic acid groups (broad SMARTS) is 1. The highest BCUT2D eigenvalue weighted by Crippen LogP contribution is 2.19. The zero-order valence-electron chi connectivity index (χ0n) is 6.85. The molecule has 0 atom stereocenters. The van der Waals surface area contributed by atoms with Gasteiger partial charge in [0.15, 0.2) is 0 Å². The summed E-state index contributed by atoms with van der Waals surface area (Å²) in [5, 5.41) is 14.1. The molecule has 0 spiro atoms. The minimum atomic E-state index is -0.943. The molecular formula is C7H14N2O2. The summed E-state index contributed by atoms with van der Waals surface area (Å²) < 4.78 is 0. The molecule has 4 nitrogen and oxygen atoms in total. The molecule has 0 aromatic carbocycles. The van der Waals surface area contributed by atoms with Crippen LogP contribution in [0.5, 0.6) is 0 Å². The zero-order valence-corrected chi connectivity index (χ0v) is 6.85. The van der Waals surface area contributed by atoms with E-state index in [1.165, 1.54) is 0 Å². The average molecular weight is 158 g/mol. The Morgan fingerprint density at radius 3 is 2.45 bits per heavy atom. The molecule has 3 N–H and O–H groups in total. The van der Waals surface area contributed by atoms with E-state index in [0.717, 1.165) is 13.1 Å². The second kappa shape index (κ2) is 2.70. The molecule has 1 rings (SSSR count). The van der Waals surface area contributed by atoms with Crippen molar-refractivity contribution >= 4 is 6.09 Å². The van der Waals surface area contributed by atoms with Gasteiger partial charge in [0.25, 0.3) is 0 Å². The molecule has 0 saturated carbocycles. The van der Waals surface area contributed by atoms with Crippen LogP contribution in [0.2, 0.25) is 0 Å². The molecule has 1 heterocycles. The first-order valence-corrected chi connectivity index (χ1v) is 3.74. The van der Waals surface area contributed by atoms with Crippen LogP contribution in [0, 0.1) is 5.92 Å². The van der Waals surface area contributed by atoms with E-state index in [0.29, 0.717) is 5.92 Å². The van der Waals surface area contributed by atoms with Gasteiger partial charge in [0.05, 0.1) is 0 Å². The van der Waals surface area contributed by atoms with Crippen molar-refractivity contribution < 1.29 is 9.90 Å². The van der Waals surface area contributed by atoms with Gasteiger partial charge in [-0.05, 0) is 13.8 Å². The van der Waals surface area contributed by atoms with Crippen molar-refractivity contribution in [1.82, 2.24) is 10.6 Å². The lowest BCUT2D eigenvalue weighted by molar-refractivity contribution is 0.148. The lowest BCUT2D eigenvalue weighted by Gasteiger charge is -2.40. The molecule has 11 heavy (non-hydrogen) atoms. The van der Waals surface area contributed by atoms with Crippen LogP contribution in [0.4, 0.5) is 4.79 Å². The maximum atomic E-state index is 10.3. The highest BCUT2D eigenvalue weighted by atomic mass is 16.4. The van der Waals surface area contributed by atoms with Crippen molar-refractivity contribution in [3.8, 4) is 0 Å². The normalized spacial score (nSPS) is 19.1. The Kier molecular flexibility index (Phi) is 2.04. The van der Waals surface area contributed by atoms with Crippen molar-refractivity contribution in [1.29, 1.82) is 0 Å². The van der Waals surface area contributed by atoms with Crippen molar-refractivity contribution in [2.75, 3.05) is 13.1 Å². The summed E-state index contributed by atoms with van der Waals surface area (Å²) in [6, 6.07) is 0. The summed E-state index contributed by atoms with van der Waals surface area (Å²) in [7, 11) is 0. The topological polar surface area (TPSA) is 61.4 Å². The van der Waals surface area contributed by atoms with Crippen LogP contribution in [-0.4, -0.2) is 29.8 Å². The van der Waals surface area contributed by atoms with Crippen LogP contribution in [0.3, 0.4) is 0 Å². The molecule has 0 bridgehead atoms. The molecule has 1 amide bonds. The van der Waals surface area contributed by atoms with E-state index in [1.807, 2.05) is 13.8 Å². The van der Waals surface area contributed by atoms with E-state index < -0.39 is 6.09 Å². The Bertz CT molecular complexity index is 164. The van der Waals surface area contributed by atoms with Gasteiger partial charge in [-0.1, -0.05) is 0 Å². The van der Waals surface area contributed by atoms with Crippen LogP contribution in [0.25, 0.3) is 0 Å². The van der Waals surface area contributed by atoms with E-state index in [1.54, 1.807) is 0 Å². The fourth-order valence-electron chi connectivity index (χ4n) is 1.18. The number of hydrogen-bond acceptors (Lipinski definition) is 2. The van der Waals surface area contributed by atoms with Crippen LogP contribution >= 0.6 is 0 Å². The van der Waals surface area contributed by atoms with E-state index in [9.17, 15) is 4.79 Å². The largest absolute Gasteiger partial charge is 0.465 e. The lowest BCUT2D eigenvalue weighted by Crippen LogP contribution is -2.60. The summed E-state index contributed by atoms with van der Waals surface area (Å²) in [5.41, 5.74) is -0.295. The zero-order chi connectivity index (χ0) is 8.48. The number of carbonyl (C=O) groups is 1. The molecule has 1 saturated heterocycles. The number of rotatable bonds is 2. The van der Waals surface area contributed by atoms with Crippen molar-refractivity contribution in [3.05, 3.63) is 0 Å². The first kappa shape index (κ1) is 8.33. The number of amides is 1. The van der Waals surface area contributed by atoms with Gasteiger partial charge >= 0.3 is 6.09 Å². The average Bonchev–Trinajstić information content (AvgIpc) is 1.50. The van der Waals surface area contributed by atoms with Crippen LogP contribution in [0.1, 0.15) is 13.8 Å². The van der Waals surface area contributed by atoms with Gasteiger partial charge in [-0.2, -0.15) is 0 Å². The SMILES string of the molecule is CC(C)(NC(=O)O)C1CNC1. The van der Waals surface area contributed by atoms with Gasteiger partial charge < -0.3 is 15.7 Å². The molecule has 0 aromatic heterocycles. The monoisotopic (exact) mass is 158 g/mol. The standard InChI is InChI=1S/C7H14N2O2/c1-7(2,9-6(10)11)5-3-8-4-5/h5,8-9H,3-4H2,1-2H3,(H,10,11). The van der Waals surface area contributed by atoms with E-state index in [4.69, 9.17) is 5.11 Å². The van der Waals surface area contributed by atoms with Crippen LogP contribution in [0.15, 0.2) is 0 Å². The summed E-state index contributed by atoms with van der Waals surface area (Å²) in [6.45, 7) is 5.64. The van der Waals surface area contributed by atoms with E-state index >= 15 is 0 Å². The third-order valence-electron chi connectivity index (χ3n) is 2.23. The maximum Gasteiger partial charge on any atom is 0.405 e. The Morgan fingerprint density at radius 2 is 2.18 bits per heavy atom. The number of nitrogens with one attached hydrogen (secondary N) is 2. The molecule has 1 aliphatic rings. The van der Waals surface area contributed by atoms with Gasteiger partial charge in [-0.3, -0.25) is 0 Å². The smallest absolute Gasteiger partial charge is 0.405 e. The maximum absolute atomic E-state index is 10.3. The van der Waals surface area contributed by atoms with Gasteiger partial charge in [-0.15, -0.1) is 0 Å². The minimum absolute atomic E-state index is 0.295. The molecule has 1 aliphatic heterocycles. The third-order valence-corrected chi connectivity index (χ3v) is 2.23. The Balaban J connectivity index is 2.43. The fourth-order valence-corrected chi connectivity index (χ4v) is 1.18. The number of hydrogen-bond donors (Lipinski definition) is 3. The molecule has 0 aliphatic carbocycles. The third kappa shape index (κ3) is 1.83. The first-order chi connectivity index (χ1) is 5.02. The lowest BCUT2D eigenvalue weighted by atomic mass is 9.83. The van der Waals surface area contributed by atoms with Crippen molar-refractivity contribution in [3.63, 3.8) is 0 Å². The van der Waals surface area contributed by atoms with Gasteiger partial charge in [0.2, 0.25) is 0 Å². The highest BCUT2D eigenvalue weighted by molar-refractivity contribution is 5.65. The van der Waals surface area contributed by atoms with Crippen molar-refractivity contribution in [2.24, 2.45) is 5.92 Å². The van der Waals surface area contributed by atoms with Crippen LogP contribution in [-0.2, 0) is 0 Å². The first-order valence-electron chi connectivity index (χ1n) is 3.74. The Morgan fingerprint density at radius 1 is 1.64 bits per heavy atom. The second-order valence-electron chi connectivity index (χ2n) is 3.51.